The molecule has 164 valence electrons. The van der Waals surface area contributed by atoms with Crippen LogP contribution in [0, 0.1) is 0 Å². The highest BCUT2D eigenvalue weighted by Gasteiger charge is 2.34. The first kappa shape index (κ1) is 21.4. The normalized spacial score (nSPS) is 15.3. The number of nitrogens with zero attached hydrogens (tertiary/aromatic N) is 4. The van der Waals surface area contributed by atoms with Crippen LogP contribution in [0.4, 0.5) is 11.4 Å². The molecule has 0 aliphatic carbocycles. The van der Waals surface area contributed by atoms with Crippen LogP contribution in [0.1, 0.15) is 34.6 Å². The first-order chi connectivity index (χ1) is 16.0. The van der Waals surface area contributed by atoms with Crippen molar-refractivity contribution in [3.8, 4) is 0 Å². The van der Waals surface area contributed by atoms with Gasteiger partial charge in [-0.3, -0.25) is 9.48 Å². The van der Waals surface area contributed by atoms with Crippen LogP contribution in [-0.4, -0.2) is 27.9 Å². The third kappa shape index (κ3) is 4.06. The Morgan fingerprint density at radius 3 is 2.18 bits per heavy atom. The second-order valence-corrected chi connectivity index (χ2v) is 8.69. The second kappa shape index (κ2) is 8.85. The molecule has 4 aromatic rings. The summed E-state index contributed by atoms with van der Waals surface area (Å²) in [5, 5.41) is 5.36. The van der Waals surface area contributed by atoms with E-state index in [1.165, 1.54) is 0 Å². The molecule has 0 radical (unpaired) electrons. The molecule has 0 spiro atoms. The largest absolute Gasteiger partial charge is 0.305 e. The SMILES string of the molecule is CC1CN(c2ccc(Cl)c(Cl)c2)C(=O)c2c(N=C(c3ccccc3)c3ccccc3)cnn21. The number of aromatic nitrogens is 2. The molecule has 0 saturated carbocycles. The minimum Gasteiger partial charge on any atom is -0.305 e. The molecule has 1 unspecified atom stereocenters. The van der Waals surface area contributed by atoms with Gasteiger partial charge in [-0.15, -0.1) is 0 Å². The van der Waals surface area contributed by atoms with Crippen LogP contribution >= 0.6 is 23.2 Å². The van der Waals surface area contributed by atoms with E-state index < -0.39 is 0 Å². The molecular formula is C26H20Cl2N4O. The number of halogens is 2. The first-order valence-corrected chi connectivity index (χ1v) is 11.3. The summed E-state index contributed by atoms with van der Waals surface area (Å²) >= 11 is 12.3. The van der Waals surface area contributed by atoms with Gasteiger partial charge in [-0.2, -0.15) is 5.10 Å². The standard InChI is InChI=1S/C26H20Cl2N4O/c1-17-16-31(20-12-13-21(27)22(28)14-20)26(33)25-23(15-29-32(17)25)30-24(18-8-4-2-5-9-18)19-10-6-3-7-11-19/h2-15,17H,16H2,1H3. The minimum absolute atomic E-state index is 0.0343. The van der Waals surface area contributed by atoms with Gasteiger partial charge in [0.2, 0.25) is 0 Å². The lowest BCUT2D eigenvalue weighted by Gasteiger charge is -2.32. The van der Waals surface area contributed by atoms with Crippen molar-refractivity contribution < 1.29 is 4.79 Å². The van der Waals surface area contributed by atoms with E-state index in [-0.39, 0.29) is 11.9 Å². The maximum absolute atomic E-state index is 13.6. The number of hydrogen-bond acceptors (Lipinski definition) is 3. The van der Waals surface area contributed by atoms with Crippen LogP contribution in [0.15, 0.2) is 90.1 Å². The molecule has 2 heterocycles. The average Bonchev–Trinajstić information content (AvgIpc) is 3.27. The van der Waals surface area contributed by atoms with Gasteiger partial charge in [-0.25, -0.2) is 4.99 Å². The van der Waals surface area contributed by atoms with E-state index in [0.29, 0.717) is 33.7 Å². The van der Waals surface area contributed by atoms with Gasteiger partial charge in [-0.1, -0.05) is 83.9 Å². The number of rotatable bonds is 4. The van der Waals surface area contributed by atoms with E-state index >= 15 is 0 Å². The maximum atomic E-state index is 13.6. The molecule has 1 atom stereocenters. The second-order valence-electron chi connectivity index (χ2n) is 7.88. The van der Waals surface area contributed by atoms with E-state index in [0.717, 1.165) is 16.8 Å². The number of fused-ring (bicyclic) bond motifs is 1. The van der Waals surface area contributed by atoms with Crippen molar-refractivity contribution in [2.45, 2.75) is 13.0 Å². The smallest absolute Gasteiger partial charge is 0.278 e. The number of aliphatic imine (C=N–C) groups is 1. The quantitative estimate of drug-likeness (QED) is 0.313. The molecule has 1 aliphatic rings. The van der Waals surface area contributed by atoms with Gasteiger partial charge in [-0.05, 0) is 25.1 Å². The van der Waals surface area contributed by atoms with Crippen molar-refractivity contribution in [2.75, 3.05) is 11.4 Å². The topological polar surface area (TPSA) is 50.5 Å². The molecule has 1 aromatic heterocycles. The summed E-state index contributed by atoms with van der Waals surface area (Å²) in [6.07, 6.45) is 1.66. The lowest BCUT2D eigenvalue weighted by Crippen LogP contribution is -2.42. The summed E-state index contributed by atoms with van der Waals surface area (Å²) in [6.45, 7) is 2.50. The van der Waals surface area contributed by atoms with Gasteiger partial charge < -0.3 is 4.90 Å². The number of anilines is 1. The Bertz CT molecular complexity index is 1310. The zero-order valence-corrected chi connectivity index (χ0v) is 19.3. The Hall–Kier alpha value is -3.41. The highest BCUT2D eigenvalue weighted by atomic mass is 35.5. The summed E-state index contributed by atoms with van der Waals surface area (Å²) in [4.78, 5) is 20.3. The Balaban J connectivity index is 1.62. The van der Waals surface area contributed by atoms with Gasteiger partial charge in [0.25, 0.3) is 5.91 Å². The first-order valence-electron chi connectivity index (χ1n) is 10.6. The highest BCUT2D eigenvalue weighted by Crippen LogP contribution is 2.34. The monoisotopic (exact) mass is 474 g/mol. The zero-order valence-electron chi connectivity index (χ0n) is 17.8. The number of carbonyl (C=O) groups is 1. The average molecular weight is 475 g/mol. The lowest BCUT2D eigenvalue weighted by molar-refractivity contribution is 0.0954. The number of hydrogen-bond donors (Lipinski definition) is 0. The molecule has 1 amide bonds. The Labute approximate surface area is 201 Å². The van der Waals surface area contributed by atoms with E-state index in [1.54, 1.807) is 34.0 Å². The van der Waals surface area contributed by atoms with E-state index in [1.807, 2.05) is 67.6 Å². The highest BCUT2D eigenvalue weighted by molar-refractivity contribution is 6.42. The molecule has 3 aromatic carbocycles. The van der Waals surface area contributed by atoms with Crippen molar-refractivity contribution >= 4 is 46.2 Å². The van der Waals surface area contributed by atoms with Gasteiger partial charge >= 0.3 is 0 Å². The van der Waals surface area contributed by atoms with Gasteiger partial charge in [0.15, 0.2) is 5.69 Å². The van der Waals surface area contributed by atoms with Crippen LogP contribution in [0.5, 0.6) is 0 Å². The molecule has 5 rings (SSSR count). The van der Waals surface area contributed by atoms with Crippen LogP contribution in [-0.2, 0) is 0 Å². The summed E-state index contributed by atoms with van der Waals surface area (Å²) in [5.74, 6) is -0.178. The van der Waals surface area contributed by atoms with E-state index in [2.05, 4.69) is 5.10 Å². The molecule has 0 saturated heterocycles. The number of amides is 1. The maximum Gasteiger partial charge on any atom is 0.278 e. The minimum atomic E-state index is -0.178. The van der Waals surface area contributed by atoms with Crippen LogP contribution < -0.4 is 4.90 Å². The van der Waals surface area contributed by atoms with Gasteiger partial charge in [0.1, 0.15) is 5.69 Å². The van der Waals surface area contributed by atoms with Crippen LogP contribution in [0.25, 0.3) is 0 Å². The molecule has 7 heteroatoms. The van der Waals surface area contributed by atoms with Crippen LogP contribution in [0.3, 0.4) is 0 Å². The summed E-state index contributed by atoms with van der Waals surface area (Å²) in [5.41, 5.74) is 4.36. The Morgan fingerprint density at radius 2 is 1.58 bits per heavy atom. The fourth-order valence-corrected chi connectivity index (χ4v) is 4.31. The fraction of sp³-hybridized carbons (Fsp3) is 0.115. The Morgan fingerprint density at radius 1 is 0.939 bits per heavy atom. The van der Waals surface area contributed by atoms with Gasteiger partial charge in [0.05, 0.1) is 28.0 Å². The molecule has 0 fully saturated rings. The number of benzene rings is 3. The molecule has 0 N–H and O–H groups in total. The predicted molar refractivity (Wildman–Crippen MR) is 133 cm³/mol. The van der Waals surface area contributed by atoms with Crippen molar-refractivity contribution in [3.05, 3.63) is 112 Å². The third-order valence-electron chi connectivity index (χ3n) is 5.63. The van der Waals surface area contributed by atoms with E-state index in [4.69, 9.17) is 28.2 Å². The van der Waals surface area contributed by atoms with Crippen molar-refractivity contribution in [3.63, 3.8) is 0 Å². The van der Waals surface area contributed by atoms with Crippen LogP contribution in [0.2, 0.25) is 10.0 Å². The molecular weight excluding hydrogens is 455 g/mol. The fourth-order valence-electron chi connectivity index (χ4n) is 4.01. The zero-order chi connectivity index (χ0) is 22.9. The summed E-state index contributed by atoms with van der Waals surface area (Å²) in [6, 6.07) is 25.0. The molecule has 5 nitrogen and oxygen atoms in total. The lowest BCUT2D eigenvalue weighted by atomic mass is 10.0. The number of carbonyl (C=O) groups excluding carboxylic acids is 1. The predicted octanol–water partition coefficient (Wildman–Crippen LogP) is 6.58. The van der Waals surface area contributed by atoms with Crippen molar-refractivity contribution in [1.82, 2.24) is 9.78 Å². The van der Waals surface area contributed by atoms with Gasteiger partial charge in [0, 0.05) is 23.4 Å². The molecule has 33 heavy (non-hydrogen) atoms. The summed E-state index contributed by atoms with van der Waals surface area (Å²) < 4.78 is 1.75. The molecule has 1 aliphatic heterocycles. The van der Waals surface area contributed by atoms with E-state index in [9.17, 15) is 4.79 Å². The molecule has 0 bridgehead atoms. The van der Waals surface area contributed by atoms with Crippen molar-refractivity contribution in [1.29, 1.82) is 0 Å². The summed E-state index contributed by atoms with van der Waals surface area (Å²) in [7, 11) is 0. The van der Waals surface area contributed by atoms with Crippen molar-refractivity contribution in [2.24, 2.45) is 4.99 Å². The third-order valence-corrected chi connectivity index (χ3v) is 6.37. The Kier molecular flexibility index (Phi) is 5.75.